The maximum Gasteiger partial charge on any atom is 0.338 e. The standard InChI is InChI=1S/C37H38N2O6S/c1-8-16-44-28-13-11-27(12-14-28)34-33(36(41)43-9-2)25(6)38-37-39(34)35(40)32(46-37)20-26-10-15-30(31(19-26)42-7)45-21-29-23(4)17-22(3)18-24(29)5/h8,10-15,17-20,34H,1,9,16,21H2,2-7H3/b32-20-/t34-/m1/s1. The van der Waals surface area contributed by atoms with Gasteiger partial charge in [-0.25, -0.2) is 9.79 Å². The van der Waals surface area contributed by atoms with Crippen LogP contribution < -0.4 is 29.1 Å². The number of fused-ring (bicyclic) bond motifs is 1. The molecule has 0 N–H and O–H groups in total. The lowest BCUT2D eigenvalue weighted by Crippen LogP contribution is -2.39. The highest BCUT2D eigenvalue weighted by Crippen LogP contribution is 2.32. The molecule has 5 rings (SSSR count). The van der Waals surface area contributed by atoms with E-state index in [-0.39, 0.29) is 12.2 Å². The van der Waals surface area contributed by atoms with Gasteiger partial charge in [-0.2, -0.15) is 0 Å². The van der Waals surface area contributed by atoms with Gasteiger partial charge < -0.3 is 18.9 Å². The molecule has 0 amide bonds. The number of benzene rings is 3. The molecule has 1 atom stereocenters. The summed E-state index contributed by atoms with van der Waals surface area (Å²) >= 11 is 1.26. The van der Waals surface area contributed by atoms with E-state index < -0.39 is 12.0 Å². The summed E-state index contributed by atoms with van der Waals surface area (Å²) in [6, 6.07) is 16.5. The Hall–Kier alpha value is -4.89. The van der Waals surface area contributed by atoms with Crippen LogP contribution in [0.2, 0.25) is 0 Å². The minimum Gasteiger partial charge on any atom is -0.493 e. The molecule has 0 unspecified atom stereocenters. The quantitative estimate of drug-likeness (QED) is 0.151. The van der Waals surface area contributed by atoms with Gasteiger partial charge in [0.2, 0.25) is 0 Å². The molecule has 8 nitrogen and oxygen atoms in total. The highest BCUT2D eigenvalue weighted by atomic mass is 32.1. The van der Waals surface area contributed by atoms with Crippen LogP contribution in [0.5, 0.6) is 17.2 Å². The lowest BCUT2D eigenvalue weighted by Gasteiger charge is -2.24. The second-order valence-electron chi connectivity index (χ2n) is 11.0. The first kappa shape index (κ1) is 32.5. The molecule has 238 valence electrons. The van der Waals surface area contributed by atoms with Gasteiger partial charge in [0.25, 0.3) is 5.56 Å². The highest BCUT2D eigenvalue weighted by Gasteiger charge is 2.33. The first-order valence-corrected chi connectivity index (χ1v) is 15.9. The molecule has 2 heterocycles. The molecule has 0 aliphatic carbocycles. The summed E-state index contributed by atoms with van der Waals surface area (Å²) < 4.78 is 24.9. The van der Waals surface area contributed by atoms with Crippen LogP contribution in [0.3, 0.4) is 0 Å². The second-order valence-corrected chi connectivity index (χ2v) is 12.1. The number of methoxy groups -OCH3 is 1. The predicted octanol–water partition coefficient (Wildman–Crippen LogP) is 5.88. The van der Waals surface area contributed by atoms with Crippen molar-refractivity contribution in [2.75, 3.05) is 20.3 Å². The minimum absolute atomic E-state index is 0.201. The number of hydrogen-bond donors (Lipinski definition) is 0. The Morgan fingerprint density at radius 3 is 2.37 bits per heavy atom. The van der Waals surface area contributed by atoms with Gasteiger partial charge in [-0.3, -0.25) is 9.36 Å². The first-order chi connectivity index (χ1) is 22.1. The average Bonchev–Trinajstić information content (AvgIpc) is 3.33. The van der Waals surface area contributed by atoms with Crippen molar-refractivity contribution < 1.29 is 23.7 Å². The van der Waals surface area contributed by atoms with E-state index >= 15 is 0 Å². The van der Waals surface area contributed by atoms with Gasteiger partial charge in [0.15, 0.2) is 16.3 Å². The van der Waals surface area contributed by atoms with Crippen LogP contribution in [0.4, 0.5) is 0 Å². The number of nitrogens with zero attached hydrogens (tertiary/aromatic N) is 2. The van der Waals surface area contributed by atoms with Gasteiger partial charge in [-0.15, -0.1) is 0 Å². The van der Waals surface area contributed by atoms with Crippen LogP contribution in [0, 0.1) is 20.8 Å². The molecule has 3 aromatic carbocycles. The van der Waals surface area contributed by atoms with E-state index in [0.29, 0.717) is 51.1 Å². The second kappa shape index (κ2) is 14.0. The summed E-state index contributed by atoms with van der Waals surface area (Å²) in [5.41, 5.74) is 6.78. The summed E-state index contributed by atoms with van der Waals surface area (Å²) in [6.45, 7) is 14.4. The number of rotatable bonds is 11. The van der Waals surface area contributed by atoms with Crippen molar-refractivity contribution >= 4 is 23.4 Å². The molecule has 0 fully saturated rings. The van der Waals surface area contributed by atoms with Crippen LogP contribution in [-0.2, 0) is 16.1 Å². The van der Waals surface area contributed by atoms with E-state index in [1.54, 1.807) is 37.7 Å². The maximum absolute atomic E-state index is 14.0. The number of hydrogen-bond acceptors (Lipinski definition) is 8. The van der Waals surface area contributed by atoms with E-state index in [2.05, 4.69) is 44.5 Å². The molecule has 0 radical (unpaired) electrons. The third-order valence-corrected chi connectivity index (χ3v) is 8.76. The van der Waals surface area contributed by atoms with Crippen molar-refractivity contribution in [3.8, 4) is 17.2 Å². The van der Waals surface area contributed by atoms with E-state index in [1.165, 1.54) is 28.0 Å². The van der Waals surface area contributed by atoms with Crippen LogP contribution in [0.25, 0.3) is 6.08 Å². The molecule has 0 saturated heterocycles. The minimum atomic E-state index is -0.718. The van der Waals surface area contributed by atoms with Gasteiger partial charge in [-0.05, 0) is 92.8 Å². The summed E-state index contributed by atoms with van der Waals surface area (Å²) in [5, 5.41) is 0. The number of aromatic nitrogens is 1. The van der Waals surface area contributed by atoms with E-state index in [4.69, 9.17) is 18.9 Å². The summed E-state index contributed by atoms with van der Waals surface area (Å²) in [5.74, 6) is 1.31. The van der Waals surface area contributed by atoms with E-state index in [9.17, 15) is 9.59 Å². The van der Waals surface area contributed by atoms with Gasteiger partial charge in [0, 0.05) is 0 Å². The van der Waals surface area contributed by atoms with E-state index in [0.717, 1.165) is 16.7 Å². The molecule has 0 spiro atoms. The molecule has 0 saturated carbocycles. The maximum atomic E-state index is 14.0. The number of allylic oxidation sites excluding steroid dienone is 1. The fraction of sp³-hybridized carbons (Fsp3) is 0.270. The van der Waals surface area contributed by atoms with Crippen molar-refractivity contribution in [2.24, 2.45) is 4.99 Å². The molecule has 0 bridgehead atoms. The zero-order valence-electron chi connectivity index (χ0n) is 27.0. The molecule has 1 aliphatic heterocycles. The highest BCUT2D eigenvalue weighted by molar-refractivity contribution is 7.07. The Morgan fingerprint density at radius 1 is 1.00 bits per heavy atom. The normalized spacial score (nSPS) is 14.4. The number of carbonyl (C=O) groups is 1. The van der Waals surface area contributed by atoms with Crippen LogP contribution >= 0.6 is 11.3 Å². The Balaban J connectivity index is 1.52. The lowest BCUT2D eigenvalue weighted by molar-refractivity contribution is -0.139. The third-order valence-electron chi connectivity index (χ3n) is 7.78. The fourth-order valence-corrected chi connectivity index (χ4v) is 6.69. The molecular formula is C37H38N2O6S. The average molecular weight is 639 g/mol. The molecular weight excluding hydrogens is 600 g/mol. The van der Waals surface area contributed by atoms with Gasteiger partial charge in [0.1, 0.15) is 19.0 Å². The third kappa shape index (κ3) is 6.70. The van der Waals surface area contributed by atoms with E-state index in [1.807, 2.05) is 42.5 Å². The Kier molecular flexibility index (Phi) is 9.92. The predicted molar refractivity (Wildman–Crippen MR) is 181 cm³/mol. The summed E-state index contributed by atoms with van der Waals surface area (Å²) in [6.07, 6.45) is 3.47. The van der Waals surface area contributed by atoms with Crippen LogP contribution in [0.1, 0.15) is 53.3 Å². The van der Waals surface area contributed by atoms with Gasteiger partial charge in [0.05, 0.1) is 35.6 Å². The van der Waals surface area contributed by atoms with Crippen molar-refractivity contribution in [1.29, 1.82) is 0 Å². The monoisotopic (exact) mass is 638 g/mol. The topological polar surface area (TPSA) is 88.4 Å². The first-order valence-electron chi connectivity index (χ1n) is 15.1. The molecule has 4 aromatic rings. The van der Waals surface area contributed by atoms with Crippen molar-refractivity contribution in [1.82, 2.24) is 4.57 Å². The molecule has 1 aromatic heterocycles. The Bertz CT molecular complexity index is 1980. The van der Waals surface area contributed by atoms with Gasteiger partial charge in [-0.1, -0.05) is 59.9 Å². The summed E-state index contributed by atoms with van der Waals surface area (Å²) in [7, 11) is 1.59. The number of thiazole rings is 1. The number of esters is 1. The zero-order valence-corrected chi connectivity index (χ0v) is 27.8. The van der Waals surface area contributed by atoms with Crippen molar-refractivity contribution in [2.45, 2.75) is 47.3 Å². The smallest absolute Gasteiger partial charge is 0.338 e. The molecule has 46 heavy (non-hydrogen) atoms. The molecule has 1 aliphatic rings. The summed E-state index contributed by atoms with van der Waals surface area (Å²) in [4.78, 5) is 32.4. The SMILES string of the molecule is C=CCOc1ccc([C@@H]2C(C(=O)OCC)=C(C)N=c3s/c(=C\c4ccc(OCc5c(C)cc(C)cc5C)c(OC)c4)c(=O)n32)cc1. The number of carbonyl (C=O) groups excluding carboxylic acids is 1. The number of ether oxygens (including phenoxy) is 4. The number of aryl methyl sites for hydroxylation is 3. The zero-order chi connectivity index (χ0) is 33.0. The lowest BCUT2D eigenvalue weighted by atomic mass is 9.96. The fourth-order valence-electron chi connectivity index (χ4n) is 5.64. The van der Waals surface area contributed by atoms with Crippen molar-refractivity contribution in [3.05, 3.63) is 132 Å². The van der Waals surface area contributed by atoms with Crippen molar-refractivity contribution in [3.63, 3.8) is 0 Å². The Morgan fingerprint density at radius 2 is 1.72 bits per heavy atom. The van der Waals surface area contributed by atoms with Gasteiger partial charge >= 0.3 is 5.97 Å². The largest absolute Gasteiger partial charge is 0.493 e. The van der Waals surface area contributed by atoms with Crippen LogP contribution in [0.15, 0.2) is 88.3 Å². The van der Waals surface area contributed by atoms with Crippen LogP contribution in [-0.4, -0.2) is 30.9 Å². The Labute approximate surface area is 272 Å². The molecule has 9 heteroatoms.